The van der Waals surface area contributed by atoms with Gasteiger partial charge in [0.2, 0.25) is 5.91 Å². The van der Waals surface area contributed by atoms with Crippen LogP contribution < -0.4 is 16.6 Å². The van der Waals surface area contributed by atoms with E-state index in [4.69, 9.17) is 5.73 Å². The Hall–Kier alpha value is -0.610. The number of carbonyl (C=O) groups excluding carboxylic acids is 1. The van der Waals surface area contributed by atoms with Crippen molar-refractivity contribution in [3.05, 3.63) is 0 Å². The van der Waals surface area contributed by atoms with Crippen LogP contribution in [0.2, 0.25) is 0 Å². The Bertz CT molecular complexity index is 115. The first-order valence-electron chi connectivity index (χ1n) is 3.04. The van der Waals surface area contributed by atoms with Gasteiger partial charge in [0.15, 0.2) is 0 Å². The molecule has 4 heteroatoms. The molecule has 0 bridgehead atoms. The number of carbonyl (C=O) groups is 1. The highest BCUT2D eigenvalue weighted by atomic mass is 16.2. The molecule has 0 radical (unpaired) electrons. The van der Waals surface area contributed by atoms with Gasteiger partial charge < -0.3 is 5.73 Å². The first-order valence-corrected chi connectivity index (χ1v) is 3.04. The highest BCUT2D eigenvalue weighted by Gasteiger charge is 2.16. The third kappa shape index (κ3) is 1.65. The van der Waals surface area contributed by atoms with Crippen molar-refractivity contribution in [1.29, 1.82) is 0 Å². The molecule has 0 aromatic rings. The van der Waals surface area contributed by atoms with Crippen LogP contribution in [0.3, 0.4) is 0 Å². The highest BCUT2D eigenvalue weighted by Crippen LogP contribution is 2.01. The Kier molecular flexibility index (Phi) is 2.02. The van der Waals surface area contributed by atoms with Crippen molar-refractivity contribution in [2.75, 3.05) is 13.1 Å². The molecule has 1 aliphatic rings. The lowest BCUT2D eigenvalue weighted by molar-refractivity contribution is -0.124. The van der Waals surface area contributed by atoms with Crippen LogP contribution in [0.1, 0.15) is 6.42 Å². The molecule has 1 aliphatic heterocycles. The van der Waals surface area contributed by atoms with Gasteiger partial charge in [-0.1, -0.05) is 0 Å². The molecule has 1 fully saturated rings. The lowest BCUT2D eigenvalue weighted by Gasteiger charge is -2.20. The molecule has 1 amide bonds. The van der Waals surface area contributed by atoms with Crippen molar-refractivity contribution in [3.63, 3.8) is 0 Å². The molecular formula is C5H11N3O. The third-order valence-electron chi connectivity index (χ3n) is 1.43. The predicted molar refractivity (Wildman–Crippen MR) is 33.3 cm³/mol. The summed E-state index contributed by atoms with van der Waals surface area (Å²) >= 11 is 0. The normalized spacial score (nSPS) is 27.7. The van der Waals surface area contributed by atoms with E-state index in [1.807, 2.05) is 0 Å². The number of nitrogens with one attached hydrogen (secondary N) is 2. The molecule has 1 heterocycles. The van der Waals surface area contributed by atoms with Crippen LogP contribution in [0.5, 0.6) is 0 Å². The van der Waals surface area contributed by atoms with E-state index in [0.717, 1.165) is 6.54 Å². The van der Waals surface area contributed by atoms with Gasteiger partial charge in [0.05, 0.1) is 0 Å². The zero-order valence-corrected chi connectivity index (χ0v) is 5.18. The Balaban J connectivity index is 2.32. The van der Waals surface area contributed by atoms with Crippen LogP contribution in [0.4, 0.5) is 0 Å². The van der Waals surface area contributed by atoms with Gasteiger partial charge in [0.1, 0.15) is 0 Å². The van der Waals surface area contributed by atoms with Gasteiger partial charge in [-0.2, -0.15) is 0 Å². The van der Waals surface area contributed by atoms with Crippen LogP contribution in [0, 0.1) is 5.92 Å². The lowest BCUT2D eigenvalue weighted by Crippen LogP contribution is -2.48. The summed E-state index contributed by atoms with van der Waals surface area (Å²) in [6, 6.07) is 0. The topological polar surface area (TPSA) is 67.2 Å². The van der Waals surface area contributed by atoms with Gasteiger partial charge in [-0.25, -0.2) is 5.43 Å². The fourth-order valence-electron chi connectivity index (χ4n) is 0.846. The van der Waals surface area contributed by atoms with Crippen LogP contribution in [0.25, 0.3) is 0 Å². The van der Waals surface area contributed by atoms with E-state index >= 15 is 0 Å². The monoisotopic (exact) mass is 129 g/mol. The van der Waals surface area contributed by atoms with Gasteiger partial charge in [-0.05, 0) is 12.5 Å². The van der Waals surface area contributed by atoms with Crippen molar-refractivity contribution in [2.45, 2.75) is 6.42 Å². The van der Waals surface area contributed by atoms with Crippen molar-refractivity contribution >= 4 is 5.91 Å². The minimum absolute atomic E-state index is 0.0386. The maximum absolute atomic E-state index is 10.6. The van der Waals surface area contributed by atoms with Crippen molar-refractivity contribution in [1.82, 2.24) is 10.9 Å². The smallest absolute Gasteiger partial charge is 0.234 e. The molecule has 1 unspecified atom stereocenters. The number of hydrogen-bond acceptors (Lipinski definition) is 3. The Labute approximate surface area is 53.8 Å². The minimum atomic E-state index is 0.0386. The zero-order valence-electron chi connectivity index (χ0n) is 5.18. The van der Waals surface area contributed by atoms with Crippen molar-refractivity contribution < 1.29 is 4.79 Å². The number of rotatable bonds is 1. The highest BCUT2D eigenvalue weighted by molar-refractivity contribution is 5.76. The molecule has 1 rings (SSSR count). The van der Waals surface area contributed by atoms with E-state index in [2.05, 4.69) is 10.9 Å². The molecule has 0 saturated carbocycles. The average molecular weight is 129 g/mol. The maximum Gasteiger partial charge on any atom is 0.234 e. The van der Waals surface area contributed by atoms with Crippen LogP contribution in [0.15, 0.2) is 0 Å². The van der Waals surface area contributed by atoms with Gasteiger partial charge in [0, 0.05) is 13.0 Å². The van der Waals surface area contributed by atoms with E-state index in [0.29, 0.717) is 18.9 Å². The number of amides is 1. The average Bonchev–Trinajstić information content (AvgIpc) is 1.88. The molecule has 9 heavy (non-hydrogen) atoms. The summed E-state index contributed by atoms with van der Waals surface area (Å²) in [5.41, 5.74) is 10.6. The van der Waals surface area contributed by atoms with Gasteiger partial charge in [-0.15, -0.1) is 0 Å². The van der Waals surface area contributed by atoms with Gasteiger partial charge >= 0.3 is 0 Å². The first-order chi connectivity index (χ1) is 4.33. The van der Waals surface area contributed by atoms with Crippen molar-refractivity contribution in [3.8, 4) is 0 Å². The summed E-state index contributed by atoms with van der Waals surface area (Å²) in [7, 11) is 0. The standard InChI is InChI=1S/C5H11N3O/c6-2-4-1-5(9)8-7-3-4/h4,7H,1-3,6H2,(H,8,9). The van der Waals surface area contributed by atoms with E-state index < -0.39 is 0 Å². The number of nitrogens with two attached hydrogens (primary N) is 1. The zero-order chi connectivity index (χ0) is 6.69. The molecule has 4 N–H and O–H groups in total. The second kappa shape index (κ2) is 2.80. The fraction of sp³-hybridized carbons (Fsp3) is 0.800. The van der Waals surface area contributed by atoms with Crippen LogP contribution >= 0.6 is 0 Å². The second-order valence-corrected chi connectivity index (χ2v) is 2.23. The van der Waals surface area contributed by atoms with E-state index in [9.17, 15) is 4.79 Å². The summed E-state index contributed by atoms with van der Waals surface area (Å²) in [5.74, 6) is 0.357. The molecule has 1 atom stereocenters. The number of hydrogen-bond donors (Lipinski definition) is 3. The molecular weight excluding hydrogens is 118 g/mol. The van der Waals surface area contributed by atoms with E-state index in [1.54, 1.807) is 0 Å². The minimum Gasteiger partial charge on any atom is -0.330 e. The Morgan fingerprint density at radius 2 is 2.56 bits per heavy atom. The summed E-state index contributed by atoms with van der Waals surface area (Å²) < 4.78 is 0. The third-order valence-corrected chi connectivity index (χ3v) is 1.43. The quantitative estimate of drug-likeness (QED) is 0.407. The van der Waals surface area contributed by atoms with Crippen LogP contribution in [-0.2, 0) is 4.79 Å². The molecule has 0 aromatic carbocycles. The Morgan fingerprint density at radius 1 is 1.78 bits per heavy atom. The van der Waals surface area contributed by atoms with E-state index in [1.165, 1.54) is 0 Å². The maximum atomic E-state index is 10.6. The largest absolute Gasteiger partial charge is 0.330 e. The summed E-state index contributed by atoms with van der Waals surface area (Å²) in [6.07, 6.45) is 0.559. The van der Waals surface area contributed by atoms with Gasteiger partial charge in [-0.3, -0.25) is 10.2 Å². The molecule has 52 valence electrons. The SMILES string of the molecule is NCC1CNNC(=O)C1. The fourth-order valence-corrected chi connectivity index (χ4v) is 0.846. The molecule has 4 nitrogen and oxygen atoms in total. The molecule has 0 spiro atoms. The molecule has 0 aromatic heterocycles. The summed E-state index contributed by atoms with van der Waals surface area (Å²) in [6.45, 7) is 1.38. The lowest BCUT2D eigenvalue weighted by atomic mass is 10.1. The molecule has 0 aliphatic carbocycles. The summed E-state index contributed by atoms with van der Waals surface area (Å²) in [4.78, 5) is 10.6. The summed E-state index contributed by atoms with van der Waals surface area (Å²) in [5, 5.41) is 0. The van der Waals surface area contributed by atoms with Crippen molar-refractivity contribution in [2.24, 2.45) is 11.7 Å². The van der Waals surface area contributed by atoms with Crippen LogP contribution in [-0.4, -0.2) is 19.0 Å². The molecule has 1 saturated heterocycles. The van der Waals surface area contributed by atoms with E-state index in [-0.39, 0.29) is 5.91 Å². The Morgan fingerprint density at radius 3 is 3.00 bits per heavy atom. The predicted octanol–water partition coefficient (Wildman–Crippen LogP) is -1.41. The number of hydrazine groups is 1. The van der Waals surface area contributed by atoms with Gasteiger partial charge in [0.25, 0.3) is 0 Å². The first kappa shape index (κ1) is 6.51. The second-order valence-electron chi connectivity index (χ2n) is 2.23.